The maximum absolute atomic E-state index is 5.82. The number of hydrogen-bond acceptors (Lipinski definition) is 1. The molecule has 0 aliphatic rings. The molecule has 0 aromatic rings. The van der Waals surface area contributed by atoms with Crippen LogP contribution in [-0.2, 0) is 23.9 Å². The van der Waals surface area contributed by atoms with Crippen molar-refractivity contribution >= 4 is 8.32 Å². The predicted octanol–water partition coefficient (Wildman–Crippen LogP) is 0.234. The van der Waals surface area contributed by atoms with Crippen molar-refractivity contribution in [3.63, 3.8) is 0 Å². The van der Waals surface area contributed by atoms with Crippen LogP contribution in [-0.4, -0.2) is 14.9 Å². The van der Waals surface area contributed by atoms with E-state index in [1.54, 1.807) is 0 Å². The summed E-state index contributed by atoms with van der Waals surface area (Å²) in [5.41, 5.74) is 0. The molecule has 0 bridgehead atoms. The molecular formula is C9H21BrOSiZn. The van der Waals surface area contributed by atoms with E-state index < -0.39 is 8.32 Å². The fraction of sp³-hybridized carbons (Fsp3) is 0.889. The molecule has 0 amide bonds. The summed E-state index contributed by atoms with van der Waals surface area (Å²) in [5.74, 6) is 0. The van der Waals surface area contributed by atoms with Crippen LogP contribution in [0.2, 0.25) is 18.1 Å². The largest absolute Gasteiger partial charge is 2.00 e. The summed E-state index contributed by atoms with van der Waals surface area (Å²) in [7, 11) is -1.47. The Morgan fingerprint density at radius 1 is 1.23 bits per heavy atom. The average molecular weight is 319 g/mol. The molecule has 0 saturated heterocycles. The van der Waals surface area contributed by atoms with Gasteiger partial charge in [-0.25, -0.2) is 0 Å². The molecule has 13 heavy (non-hydrogen) atoms. The SMILES string of the molecule is [Br-].[CH2-]CCO[Si](C)(C)C(C)(C)C.[Zn+2]. The topological polar surface area (TPSA) is 9.23 Å². The van der Waals surface area contributed by atoms with Crippen LogP contribution in [0.5, 0.6) is 0 Å². The monoisotopic (exact) mass is 316 g/mol. The summed E-state index contributed by atoms with van der Waals surface area (Å²) in [6, 6.07) is 0. The minimum absolute atomic E-state index is 0. The molecule has 0 fully saturated rings. The second kappa shape index (κ2) is 7.56. The number of rotatable bonds is 3. The van der Waals surface area contributed by atoms with Crippen molar-refractivity contribution in [1.29, 1.82) is 0 Å². The van der Waals surface area contributed by atoms with Crippen LogP contribution in [0.25, 0.3) is 0 Å². The van der Waals surface area contributed by atoms with E-state index in [1.807, 2.05) is 0 Å². The van der Waals surface area contributed by atoms with Crippen molar-refractivity contribution in [3.8, 4) is 0 Å². The van der Waals surface area contributed by atoms with Crippen LogP contribution >= 0.6 is 0 Å². The molecule has 0 saturated carbocycles. The first kappa shape index (κ1) is 19.8. The van der Waals surface area contributed by atoms with Gasteiger partial charge in [0.2, 0.25) is 0 Å². The van der Waals surface area contributed by atoms with Crippen molar-refractivity contribution in [2.24, 2.45) is 0 Å². The Morgan fingerprint density at radius 2 is 1.62 bits per heavy atom. The summed E-state index contributed by atoms with van der Waals surface area (Å²) in [6.07, 6.45) is 0.881. The van der Waals surface area contributed by atoms with Gasteiger partial charge in [-0.1, -0.05) is 20.8 Å². The first-order valence-corrected chi connectivity index (χ1v) is 7.15. The Labute approximate surface area is 108 Å². The van der Waals surface area contributed by atoms with Crippen molar-refractivity contribution < 1.29 is 40.9 Å². The van der Waals surface area contributed by atoms with Crippen LogP contribution in [0.1, 0.15) is 27.2 Å². The minimum atomic E-state index is -1.47. The van der Waals surface area contributed by atoms with E-state index >= 15 is 0 Å². The van der Waals surface area contributed by atoms with Gasteiger partial charge >= 0.3 is 19.5 Å². The standard InChI is InChI=1S/C9H21OSi.BrH.Zn/c1-7-8-10-11(5,6)9(2,3)4;;/h1,7-8H2,2-6H3;1H;/q-1;;+2/p-1. The van der Waals surface area contributed by atoms with Crippen LogP contribution in [0, 0.1) is 6.92 Å². The van der Waals surface area contributed by atoms with Crippen molar-refractivity contribution in [1.82, 2.24) is 0 Å². The molecule has 4 heteroatoms. The van der Waals surface area contributed by atoms with E-state index in [0.717, 1.165) is 13.0 Å². The van der Waals surface area contributed by atoms with Gasteiger partial charge in [0.1, 0.15) is 0 Å². The first-order valence-electron chi connectivity index (χ1n) is 4.24. The fourth-order valence-corrected chi connectivity index (χ4v) is 1.63. The van der Waals surface area contributed by atoms with E-state index in [-0.39, 0.29) is 36.5 Å². The van der Waals surface area contributed by atoms with Crippen LogP contribution in [0.4, 0.5) is 0 Å². The molecule has 0 unspecified atom stereocenters. The molecular weight excluding hydrogens is 297 g/mol. The van der Waals surface area contributed by atoms with Gasteiger partial charge in [-0.15, -0.1) is 0 Å². The number of hydrogen-bond donors (Lipinski definition) is 0. The summed E-state index contributed by atoms with van der Waals surface area (Å²) in [5, 5.41) is 0.335. The molecule has 0 aliphatic carbocycles. The molecule has 0 N–H and O–H groups in total. The zero-order chi connectivity index (χ0) is 9.12. The Kier molecular flexibility index (Phi) is 11.5. The van der Waals surface area contributed by atoms with Crippen LogP contribution < -0.4 is 17.0 Å². The van der Waals surface area contributed by atoms with Crippen molar-refractivity contribution in [2.75, 3.05) is 6.61 Å². The molecule has 76 valence electrons. The van der Waals surface area contributed by atoms with Crippen molar-refractivity contribution in [2.45, 2.75) is 45.3 Å². The average Bonchev–Trinajstić information content (AvgIpc) is 1.81. The minimum Gasteiger partial charge on any atom is -1.00 e. The quantitative estimate of drug-likeness (QED) is 0.535. The van der Waals surface area contributed by atoms with E-state index in [9.17, 15) is 0 Å². The van der Waals surface area contributed by atoms with E-state index in [0.29, 0.717) is 5.04 Å². The first-order chi connectivity index (χ1) is 4.81. The zero-order valence-electron chi connectivity index (χ0n) is 9.61. The normalized spacial score (nSPS) is 11.5. The second-order valence-corrected chi connectivity index (χ2v) is 9.27. The maximum atomic E-state index is 5.82. The van der Waals surface area contributed by atoms with Gasteiger partial charge in [-0.2, -0.15) is 6.42 Å². The Morgan fingerprint density at radius 3 is 1.85 bits per heavy atom. The summed E-state index contributed by atoms with van der Waals surface area (Å²) in [6.45, 7) is 15.9. The molecule has 0 radical (unpaired) electrons. The van der Waals surface area contributed by atoms with Gasteiger partial charge in [-0.3, -0.25) is 0 Å². The smallest absolute Gasteiger partial charge is 1.00 e. The van der Waals surface area contributed by atoms with Gasteiger partial charge in [-0.05, 0) is 18.1 Å². The molecule has 0 aliphatic heterocycles. The van der Waals surface area contributed by atoms with Gasteiger partial charge in [0.25, 0.3) is 0 Å². The van der Waals surface area contributed by atoms with Crippen molar-refractivity contribution in [3.05, 3.63) is 6.92 Å². The third-order valence-electron chi connectivity index (χ3n) is 2.41. The summed E-state index contributed by atoms with van der Waals surface area (Å²) >= 11 is 0. The Balaban J connectivity index is -0.000000500. The molecule has 1 nitrogen and oxygen atoms in total. The summed E-state index contributed by atoms with van der Waals surface area (Å²) < 4.78 is 5.82. The van der Waals surface area contributed by atoms with Gasteiger partial charge in [0, 0.05) is 6.61 Å². The molecule has 0 heterocycles. The number of halogens is 1. The van der Waals surface area contributed by atoms with Crippen LogP contribution in [0.15, 0.2) is 0 Å². The summed E-state index contributed by atoms with van der Waals surface area (Å²) in [4.78, 5) is 0. The van der Waals surface area contributed by atoms with Gasteiger partial charge in [0.05, 0.1) is 0 Å². The fourth-order valence-electron chi connectivity index (χ4n) is 0.544. The van der Waals surface area contributed by atoms with E-state index in [4.69, 9.17) is 4.43 Å². The van der Waals surface area contributed by atoms with E-state index in [2.05, 4.69) is 40.8 Å². The van der Waals surface area contributed by atoms with Gasteiger partial charge < -0.3 is 28.3 Å². The predicted molar refractivity (Wildman–Crippen MR) is 53.1 cm³/mol. The third-order valence-corrected chi connectivity index (χ3v) is 6.95. The zero-order valence-corrected chi connectivity index (χ0v) is 15.2. The molecule has 0 aromatic heterocycles. The molecule has 0 spiro atoms. The van der Waals surface area contributed by atoms with Gasteiger partial charge in [0.15, 0.2) is 8.32 Å². The van der Waals surface area contributed by atoms with E-state index in [1.165, 1.54) is 0 Å². The second-order valence-electron chi connectivity index (χ2n) is 4.46. The third kappa shape index (κ3) is 7.24. The Hall–Kier alpha value is 1.28. The Bertz CT molecular complexity index is 123. The molecule has 0 aromatic carbocycles. The maximum Gasteiger partial charge on any atom is 2.00 e. The molecule has 0 rings (SSSR count). The molecule has 0 atom stereocenters. The van der Waals surface area contributed by atoms with Crippen LogP contribution in [0.3, 0.4) is 0 Å².